The lowest BCUT2D eigenvalue weighted by atomic mass is 9.85. The van der Waals surface area contributed by atoms with Gasteiger partial charge in [0.1, 0.15) is 11.5 Å². The van der Waals surface area contributed by atoms with Gasteiger partial charge in [-0.25, -0.2) is 9.07 Å². The van der Waals surface area contributed by atoms with Gasteiger partial charge in [0.25, 0.3) is 0 Å². The van der Waals surface area contributed by atoms with E-state index in [0.29, 0.717) is 12.2 Å². The van der Waals surface area contributed by atoms with Crippen molar-refractivity contribution >= 4 is 0 Å². The van der Waals surface area contributed by atoms with Crippen molar-refractivity contribution in [1.82, 2.24) is 15.0 Å². The molecule has 0 radical (unpaired) electrons. The average molecular weight is 317 g/mol. The molecular formula is C18H24FN3O. The number of nitrogens with zero attached hydrogens (tertiary/aromatic N) is 3. The fraction of sp³-hybridized carbons (Fsp3) is 0.556. The van der Waals surface area contributed by atoms with Gasteiger partial charge in [-0.1, -0.05) is 49.5 Å². The van der Waals surface area contributed by atoms with Crippen molar-refractivity contribution in [2.24, 2.45) is 5.92 Å². The standard InChI is InChI=1S/C18H24FN3O/c19-16-9-6-15(7-10-16)12-22-18(17(13-23)20-21-22)11-8-14-4-2-1-3-5-14/h6-7,9-10,14,23H,1-5,8,11-13H2. The zero-order valence-electron chi connectivity index (χ0n) is 13.4. The molecule has 4 nitrogen and oxygen atoms in total. The van der Waals surface area contributed by atoms with E-state index in [4.69, 9.17) is 0 Å². The molecular weight excluding hydrogens is 293 g/mol. The summed E-state index contributed by atoms with van der Waals surface area (Å²) < 4.78 is 14.9. The third-order valence-corrected chi connectivity index (χ3v) is 4.83. The topological polar surface area (TPSA) is 50.9 Å². The van der Waals surface area contributed by atoms with Crippen LogP contribution in [0, 0.1) is 11.7 Å². The molecule has 23 heavy (non-hydrogen) atoms. The minimum atomic E-state index is -0.235. The lowest BCUT2D eigenvalue weighted by Gasteiger charge is -2.21. The normalized spacial score (nSPS) is 15.9. The Hall–Kier alpha value is -1.75. The number of rotatable bonds is 6. The largest absolute Gasteiger partial charge is 0.390 e. The molecule has 1 aliphatic rings. The van der Waals surface area contributed by atoms with E-state index in [0.717, 1.165) is 30.0 Å². The van der Waals surface area contributed by atoms with E-state index < -0.39 is 0 Å². The van der Waals surface area contributed by atoms with Crippen molar-refractivity contribution in [3.05, 3.63) is 47.0 Å². The highest BCUT2D eigenvalue weighted by atomic mass is 19.1. The Balaban J connectivity index is 1.69. The van der Waals surface area contributed by atoms with Crippen LogP contribution < -0.4 is 0 Å². The van der Waals surface area contributed by atoms with Crippen LogP contribution in [0.15, 0.2) is 24.3 Å². The first-order chi connectivity index (χ1) is 11.3. The van der Waals surface area contributed by atoms with E-state index in [2.05, 4.69) is 10.3 Å². The van der Waals surface area contributed by atoms with Crippen molar-refractivity contribution in [3.8, 4) is 0 Å². The van der Waals surface area contributed by atoms with Gasteiger partial charge in [0, 0.05) is 0 Å². The molecule has 3 rings (SSSR count). The van der Waals surface area contributed by atoms with Crippen LogP contribution >= 0.6 is 0 Å². The van der Waals surface area contributed by atoms with E-state index in [1.165, 1.54) is 44.2 Å². The third-order valence-electron chi connectivity index (χ3n) is 4.83. The minimum absolute atomic E-state index is 0.0799. The van der Waals surface area contributed by atoms with Crippen LogP contribution in [0.5, 0.6) is 0 Å². The SMILES string of the molecule is OCc1nnn(Cc2ccc(F)cc2)c1CCC1CCCCC1. The van der Waals surface area contributed by atoms with Gasteiger partial charge in [0.2, 0.25) is 0 Å². The Morgan fingerprint density at radius 2 is 1.87 bits per heavy atom. The molecule has 1 aromatic carbocycles. The maximum Gasteiger partial charge on any atom is 0.123 e. The first kappa shape index (κ1) is 16.1. The Morgan fingerprint density at radius 1 is 1.13 bits per heavy atom. The molecule has 124 valence electrons. The van der Waals surface area contributed by atoms with Crippen LogP contribution in [0.4, 0.5) is 4.39 Å². The van der Waals surface area contributed by atoms with E-state index >= 15 is 0 Å². The smallest absolute Gasteiger partial charge is 0.123 e. The molecule has 2 aromatic rings. The van der Waals surface area contributed by atoms with Crippen LogP contribution in [-0.2, 0) is 19.6 Å². The minimum Gasteiger partial charge on any atom is -0.390 e. The Bertz CT molecular complexity index is 618. The van der Waals surface area contributed by atoms with E-state index in [-0.39, 0.29) is 12.4 Å². The summed E-state index contributed by atoms with van der Waals surface area (Å²) in [5, 5.41) is 17.8. The van der Waals surface area contributed by atoms with Crippen molar-refractivity contribution in [3.63, 3.8) is 0 Å². The van der Waals surface area contributed by atoms with Crippen LogP contribution in [0.1, 0.15) is 55.5 Å². The molecule has 1 N–H and O–H groups in total. The number of hydrogen-bond acceptors (Lipinski definition) is 3. The number of aliphatic hydroxyl groups excluding tert-OH is 1. The van der Waals surface area contributed by atoms with Crippen LogP contribution in [-0.4, -0.2) is 20.1 Å². The maximum atomic E-state index is 13.0. The predicted molar refractivity (Wildman–Crippen MR) is 86.3 cm³/mol. The summed E-state index contributed by atoms with van der Waals surface area (Å²) in [6, 6.07) is 6.45. The van der Waals surface area contributed by atoms with Crippen molar-refractivity contribution in [1.29, 1.82) is 0 Å². The highest BCUT2D eigenvalue weighted by Gasteiger charge is 2.17. The quantitative estimate of drug-likeness (QED) is 0.887. The summed E-state index contributed by atoms with van der Waals surface area (Å²) in [7, 11) is 0. The fourth-order valence-electron chi connectivity index (χ4n) is 3.47. The highest BCUT2D eigenvalue weighted by molar-refractivity contribution is 5.18. The molecule has 1 aromatic heterocycles. The molecule has 1 fully saturated rings. The van der Waals surface area contributed by atoms with Crippen molar-refractivity contribution in [2.45, 2.75) is 58.1 Å². The summed E-state index contributed by atoms with van der Waals surface area (Å²) in [5.41, 5.74) is 2.67. The molecule has 0 saturated heterocycles. The second-order valence-corrected chi connectivity index (χ2v) is 6.47. The van der Waals surface area contributed by atoms with Gasteiger partial charge in [-0.2, -0.15) is 0 Å². The molecule has 0 aliphatic heterocycles. The monoisotopic (exact) mass is 317 g/mol. The summed E-state index contributed by atoms with van der Waals surface area (Å²) in [6.07, 6.45) is 8.69. The maximum absolute atomic E-state index is 13.0. The Labute approximate surface area is 136 Å². The molecule has 5 heteroatoms. The molecule has 0 atom stereocenters. The molecule has 0 amide bonds. The van der Waals surface area contributed by atoms with Crippen LogP contribution in [0.2, 0.25) is 0 Å². The van der Waals surface area contributed by atoms with Gasteiger partial charge >= 0.3 is 0 Å². The van der Waals surface area contributed by atoms with Gasteiger partial charge in [-0.05, 0) is 36.5 Å². The highest BCUT2D eigenvalue weighted by Crippen LogP contribution is 2.28. The summed E-state index contributed by atoms with van der Waals surface area (Å²) in [5.74, 6) is 0.547. The molecule has 0 unspecified atom stereocenters. The van der Waals surface area contributed by atoms with E-state index in [9.17, 15) is 9.50 Å². The second-order valence-electron chi connectivity index (χ2n) is 6.47. The summed E-state index contributed by atoms with van der Waals surface area (Å²) >= 11 is 0. The van der Waals surface area contributed by atoms with Gasteiger partial charge in [-0.3, -0.25) is 0 Å². The number of benzene rings is 1. The molecule has 1 aliphatic carbocycles. The van der Waals surface area contributed by atoms with Crippen molar-refractivity contribution < 1.29 is 9.50 Å². The predicted octanol–water partition coefficient (Wildman–Crippen LogP) is 3.47. The van der Waals surface area contributed by atoms with Gasteiger partial charge in [0.15, 0.2) is 0 Å². The molecule has 1 saturated carbocycles. The van der Waals surface area contributed by atoms with Gasteiger partial charge in [0.05, 0.1) is 18.8 Å². The second kappa shape index (κ2) is 7.68. The van der Waals surface area contributed by atoms with E-state index in [1.54, 1.807) is 12.1 Å². The lowest BCUT2D eigenvalue weighted by molar-refractivity contribution is 0.274. The molecule has 0 bridgehead atoms. The Morgan fingerprint density at radius 3 is 2.57 bits per heavy atom. The summed E-state index contributed by atoms with van der Waals surface area (Å²) in [6.45, 7) is 0.483. The van der Waals surface area contributed by atoms with Crippen molar-refractivity contribution in [2.75, 3.05) is 0 Å². The molecule has 0 spiro atoms. The summed E-state index contributed by atoms with van der Waals surface area (Å²) in [4.78, 5) is 0. The third kappa shape index (κ3) is 4.16. The fourth-order valence-corrected chi connectivity index (χ4v) is 3.47. The zero-order valence-corrected chi connectivity index (χ0v) is 13.4. The number of aromatic nitrogens is 3. The van der Waals surface area contributed by atoms with Gasteiger partial charge in [-0.15, -0.1) is 5.10 Å². The van der Waals surface area contributed by atoms with E-state index in [1.807, 2.05) is 4.68 Å². The van der Waals surface area contributed by atoms with Crippen LogP contribution in [0.25, 0.3) is 0 Å². The van der Waals surface area contributed by atoms with Gasteiger partial charge < -0.3 is 5.11 Å². The number of aliphatic hydroxyl groups is 1. The average Bonchev–Trinajstić information content (AvgIpc) is 2.98. The zero-order chi connectivity index (χ0) is 16.1. The Kier molecular flexibility index (Phi) is 5.39. The number of hydrogen-bond donors (Lipinski definition) is 1. The lowest BCUT2D eigenvalue weighted by Crippen LogP contribution is -2.12. The van der Waals surface area contributed by atoms with Crippen LogP contribution in [0.3, 0.4) is 0 Å². The first-order valence-corrected chi connectivity index (χ1v) is 8.53. The first-order valence-electron chi connectivity index (χ1n) is 8.53. The molecule has 1 heterocycles. The number of halogens is 1.